The summed E-state index contributed by atoms with van der Waals surface area (Å²) in [7, 11) is 1.89. The third-order valence-corrected chi connectivity index (χ3v) is 3.95. The zero-order valence-corrected chi connectivity index (χ0v) is 13.5. The number of halogens is 1. The number of amides is 1. The van der Waals surface area contributed by atoms with Gasteiger partial charge in [-0.15, -0.1) is 0 Å². The van der Waals surface area contributed by atoms with Gasteiger partial charge in [0.05, 0.1) is 16.3 Å². The number of hydrogen-bond acceptors (Lipinski definition) is 3. The van der Waals surface area contributed by atoms with Crippen molar-refractivity contribution < 1.29 is 4.79 Å². The maximum Gasteiger partial charge on any atom is 0.224 e. The van der Waals surface area contributed by atoms with Crippen LogP contribution in [0.15, 0.2) is 18.2 Å². The topological polar surface area (TPSA) is 70.7 Å². The molecule has 0 fully saturated rings. The fourth-order valence-electron chi connectivity index (χ4n) is 2.32. The van der Waals surface area contributed by atoms with Gasteiger partial charge in [0.15, 0.2) is 0 Å². The molecule has 1 aromatic carbocycles. The van der Waals surface area contributed by atoms with Crippen LogP contribution >= 0.6 is 11.6 Å². The Morgan fingerprint density at radius 3 is 2.73 bits per heavy atom. The van der Waals surface area contributed by atoms with Crippen molar-refractivity contribution in [1.82, 2.24) is 9.78 Å². The molecular weight excluding hydrogens is 300 g/mol. The molecule has 6 heteroatoms. The van der Waals surface area contributed by atoms with E-state index in [0.29, 0.717) is 29.1 Å². The van der Waals surface area contributed by atoms with Gasteiger partial charge in [0.25, 0.3) is 0 Å². The minimum absolute atomic E-state index is 0.0940. The van der Waals surface area contributed by atoms with E-state index in [2.05, 4.69) is 10.4 Å². The van der Waals surface area contributed by atoms with E-state index in [9.17, 15) is 4.79 Å². The number of benzene rings is 1. The van der Waals surface area contributed by atoms with Crippen LogP contribution in [0.4, 0.5) is 5.69 Å². The lowest BCUT2D eigenvalue weighted by Crippen LogP contribution is -2.12. The molecule has 0 radical (unpaired) electrons. The first-order valence-corrected chi connectivity index (χ1v) is 7.28. The van der Waals surface area contributed by atoms with Crippen LogP contribution in [0.5, 0.6) is 0 Å². The van der Waals surface area contributed by atoms with E-state index < -0.39 is 0 Å². The standard InChI is InChI=1S/C16H17ClN4O/c1-10-14(11(2)21(3)20-10)6-7-16(22)19-13-5-4-12(9-18)15(17)8-13/h4-5,8H,6-7H2,1-3H3,(H,19,22). The van der Waals surface area contributed by atoms with Crippen molar-refractivity contribution in [3.05, 3.63) is 45.7 Å². The maximum absolute atomic E-state index is 12.0. The minimum Gasteiger partial charge on any atom is -0.326 e. The van der Waals surface area contributed by atoms with Crippen LogP contribution in [0.25, 0.3) is 0 Å². The average Bonchev–Trinajstić information content (AvgIpc) is 2.70. The molecule has 0 atom stereocenters. The Kier molecular flexibility index (Phi) is 4.84. The van der Waals surface area contributed by atoms with Crippen molar-refractivity contribution in [3.63, 3.8) is 0 Å². The molecule has 0 spiro atoms. The van der Waals surface area contributed by atoms with Crippen molar-refractivity contribution in [2.75, 3.05) is 5.32 Å². The first-order valence-electron chi connectivity index (χ1n) is 6.91. The van der Waals surface area contributed by atoms with Gasteiger partial charge in [-0.2, -0.15) is 10.4 Å². The Balaban J connectivity index is 1.99. The second kappa shape index (κ2) is 6.63. The minimum atomic E-state index is -0.0940. The molecule has 0 aliphatic carbocycles. The van der Waals surface area contributed by atoms with Gasteiger partial charge in [0, 0.05) is 24.8 Å². The number of nitrogens with zero attached hydrogens (tertiary/aromatic N) is 3. The number of nitriles is 1. The first-order chi connectivity index (χ1) is 10.4. The van der Waals surface area contributed by atoms with Crippen molar-refractivity contribution in [2.45, 2.75) is 26.7 Å². The molecule has 2 aromatic rings. The van der Waals surface area contributed by atoms with Crippen LogP contribution in [0.1, 0.15) is 28.9 Å². The molecule has 0 saturated carbocycles. The van der Waals surface area contributed by atoms with Gasteiger partial charge in [-0.25, -0.2) is 0 Å². The Morgan fingerprint density at radius 1 is 1.45 bits per heavy atom. The zero-order chi connectivity index (χ0) is 16.3. The van der Waals surface area contributed by atoms with E-state index in [1.54, 1.807) is 18.2 Å². The molecule has 0 aliphatic heterocycles. The third kappa shape index (κ3) is 3.46. The van der Waals surface area contributed by atoms with Crippen molar-refractivity contribution in [2.24, 2.45) is 7.05 Å². The van der Waals surface area contributed by atoms with Gasteiger partial charge in [0.1, 0.15) is 6.07 Å². The van der Waals surface area contributed by atoms with Gasteiger partial charge in [-0.05, 0) is 44.0 Å². The summed E-state index contributed by atoms with van der Waals surface area (Å²) < 4.78 is 1.82. The summed E-state index contributed by atoms with van der Waals surface area (Å²) in [4.78, 5) is 12.0. The molecule has 0 saturated heterocycles. The Labute approximate surface area is 134 Å². The fraction of sp³-hybridized carbons (Fsp3) is 0.312. The van der Waals surface area contributed by atoms with Crippen LogP contribution < -0.4 is 5.32 Å². The van der Waals surface area contributed by atoms with Gasteiger partial charge in [0.2, 0.25) is 5.91 Å². The first kappa shape index (κ1) is 16.1. The quantitative estimate of drug-likeness (QED) is 0.942. The number of aryl methyl sites for hydroxylation is 2. The van der Waals surface area contributed by atoms with Crippen LogP contribution in [-0.2, 0) is 18.3 Å². The van der Waals surface area contributed by atoms with Crippen molar-refractivity contribution in [3.8, 4) is 6.07 Å². The lowest BCUT2D eigenvalue weighted by atomic mass is 10.1. The molecule has 1 amide bonds. The highest BCUT2D eigenvalue weighted by Crippen LogP contribution is 2.20. The van der Waals surface area contributed by atoms with E-state index >= 15 is 0 Å². The molecule has 1 N–H and O–H groups in total. The number of anilines is 1. The molecule has 0 aliphatic rings. The Bertz CT molecular complexity index is 758. The normalized spacial score (nSPS) is 10.3. The Morgan fingerprint density at radius 2 is 2.18 bits per heavy atom. The monoisotopic (exact) mass is 316 g/mol. The van der Waals surface area contributed by atoms with Crippen LogP contribution in [0.3, 0.4) is 0 Å². The number of rotatable bonds is 4. The summed E-state index contributed by atoms with van der Waals surface area (Å²) in [6, 6.07) is 6.83. The second-order valence-corrected chi connectivity index (χ2v) is 5.53. The smallest absolute Gasteiger partial charge is 0.224 e. The van der Waals surface area contributed by atoms with Gasteiger partial charge in [-0.1, -0.05) is 11.6 Å². The lowest BCUT2D eigenvalue weighted by molar-refractivity contribution is -0.116. The van der Waals surface area contributed by atoms with Crippen molar-refractivity contribution >= 4 is 23.2 Å². The molecular formula is C16H17ClN4O. The molecule has 1 heterocycles. The third-order valence-electron chi connectivity index (χ3n) is 3.63. The van der Waals surface area contributed by atoms with E-state index in [4.69, 9.17) is 16.9 Å². The average molecular weight is 317 g/mol. The summed E-state index contributed by atoms with van der Waals surface area (Å²) in [5.41, 5.74) is 4.12. The fourth-order valence-corrected chi connectivity index (χ4v) is 2.55. The highest BCUT2D eigenvalue weighted by atomic mass is 35.5. The number of aromatic nitrogens is 2. The van der Waals surface area contributed by atoms with Crippen LogP contribution in [-0.4, -0.2) is 15.7 Å². The number of carbonyl (C=O) groups is 1. The molecule has 1 aromatic heterocycles. The molecule has 22 heavy (non-hydrogen) atoms. The van der Waals surface area contributed by atoms with Crippen LogP contribution in [0.2, 0.25) is 5.02 Å². The van der Waals surface area contributed by atoms with E-state index in [1.807, 2.05) is 31.6 Å². The molecule has 0 bridgehead atoms. The maximum atomic E-state index is 12.0. The highest BCUT2D eigenvalue weighted by Gasteiger charge is 2.12. The van der Waals surface area contributed by atoms with E-state index in [0.717, 1.165) is 17.0 Å². The Hall–Kier alpha value is -2.32. The second-order valence-electron chi connectivity index (χ2n) is 5.13. The summed E-state index contributed by atoms with van der Waals surface area (Å²) >= 11 is 5.95. The van der Waals surface area contributed by atoms with E-state index in [-0.39, 0.29) is 5.91 Å². The predicted octanol–water partition coefficient (Wildman–Crippen LogP) is 3.13. The van der Waals surface area contributed by atoms with Gasteiger partial charge in [-0.3, -0.25) is 9.48 Å². The number of nitrogens with one attached hydrogen (secondary N) is 1. The predicted molar refractivity (Wildman–Crippen MR) is 85.8 cm³/mol. The van der Waals surface area contributed by atoms with Crippen LogP contribution in [0, 0.1) is 25.2 Å². The largest absolute Gasteiger partial charge is 0.326 e. The summed E-state index contributed by atoms with van der Waals surface area (Å²) in [6.45, 7) is 3.94. The number of carbonyl (C=O) groups excluding carboxylic acids is 1. The summed E-state index contributed by atoms with van der Waals surface area (Å²) in [6.07, 6.45) is 1.01. The summed E-state index contributed by atoms with van der Waals surface area (Å²) in [5.74, 6) is -0.0940. The zero-order valence-electron chi connectivity index (χ0n) is 12.8. The molecule has 114 valence electrons. The highest BCUT2D eigenvalue weighted by molar-refractivity contribution is 6.32. The molecule has 0 unspecified atom stereocenters. The molecule has 2 rings (SSSR count). The SMILES string of the molecule is Cc1nn(C)c(C)c1CCC(=O)Nc1ccc(C#N)c(Cl)c1. The van der Waals surface area contributed by atoms with E-state index in [1.165, 1.54) is 0 Å². The van der Waals surface area contributed by atoms with Gasteiger partial charge < -0.3 is 5.32 Å². The summed E-state index contributed by atoms with van der Waals surface area (Å²) in [5, 5.41) is 16.3. The van der Waals surface area contributed by atoms with Gasteiger partial charge >= 0.3 is 0 Å². The number of hydrogen-bond donors (Lipinski definition) is 1. The molecule has 5 nitrogen and oxygen atoms in total. The van der Waals surface area contributed by atoms with Crippen molar-refractivity contribution in [1.29, 1.82) is 5.26 Å². The lowest BCUT2D eigenvalue weighted by Gasteiger charge is -2.07.